The molecule has 1 atom stereocenters. The van der Waals surface area contributed by atoms with Gasteiger partial charge in [-0.2, -0.15) is 0 Å². The van der Waals surface area contributed by atoms with E-state index < -0.39 is 49.9 Å². The Kier molecular flexibility index (Phi) is 13.1. The van der Waals surface area contributed by atoms with E-state index in [1.165, 1.54) is 49.3 Å². The second kappa shape index (κ2) is 16.3. The van der Waals surface area contributed by atoms with E-state index in [-0.39, 0.29) is 45.0 Å². The molecule has 3 aromatic rings. The molecule has 1 N–H and O–H groups in total. The van der Waals surface area contributed by atoms with Gasteiger partial charge in [0.1, 0.15) is 18.3 Å². The van der Waals surface area contributed by atoms with Gasteiger partial charge in [-0.1, -0.05) is 67.2 Å². The Morgan fingerprint density at radius 1 is 1.04 bits per heavy atom. The molecule has 0 heterocycles. The number of carbonyl (C=O) groups is 2. The summed E-state index contributed by atoms with van der Waals surface area (Å²) >= 11 is 19.2. The highest BCUT2D eigenvalue weighted by Crippen LogP contribution is 2.36. The Bertz CT molecular complexity index is 1690. The van der Waals surface area contributed by atoms with E-state index in [2.05, 4.69) is 5.32 Å². The van der Waals surface area contributed by atoms with Gasteiger partial charge >= 0.3 is 0 Å². The highest BCUT2D eigenvalue weighted by molar-refractivity contribution is 7.92. The van der Waals surface area contributed by atoms with Gasteiger partial charge in [-0.15, -0.1) is 0 Å². The van der Waals surface area contributed by atoms with Gasteiger partial charge in [0.25, 0.3) is 15.7 Å². The molecule has 0 bridgehead atoms. The summed E-state index contributed by atoms with van der Waals surface area (Å²) in [5.74, 6) is -1.15. The quantitative estimate of drug-likeness (QED) is 0.104. The Morgan fingerprint density at radius 2 is 1.72 bits per heavy atom. The zero-order valence-corrected chi connectivity index (χ0v) is 28.8. The summed E-state index contributed by atoms with van der Waals surface area (Å²) in [6.45, 7) is 4.51. The summed E-state index contributed by atoms with van der Waals surface area (Å²) in [7, 11) is -3.36. The van der Waals surface area contributed by atoms with Gasteiger partial charge < -0.3 is 15.0 Å². The van der Waals surface area contributed by atoms with Crippen LogP contribution in [0.25, 0.3) is 0 Å². The number of sulfonamides is 1. The third-order valence-corrected chi connectivity index (χ3v) is 9.96. The minimum atomic E-state index is -4.67. The maximum absolute atomic E-state index is 14.4. The Balaban J connectivity index is 2.20. The number of hydrogen-bond donors (Lipinski definition) is 1. The zero-order chi connectivity index (χ0) is 34.2. The molecule has 2 amide bonds. The van der Waals surface area contributed by atoms with Gasteiger partial charge in [0.2, 0.25) is 11.8 Å². The SMILES string of the molecule is CCCCNC(=O)[C@@H](CC)N(Cc1c(Cl)cccc1Cl)C(=O)CN(c1cc(Cl)ccc1OC)S(=O)(=O)c1ccc(C)c([N+](=O)[O-])c1. The average molecular weight is 714 g/mol. The molecule has 248 valence electrons. The minimum Gasteiger partial charge on any atom is -0.495 e. The number of nitrogens with zero attached hydrogens (tertiary/aromatic N) is 3. The van der Waals surface area contributed by atoms with Crippen molar-refractivity contribution in [1.82, 2.24) is 10.2 Å². The lowest BCUT2D eigenvalue weighted by molar-refractivity contribution is -0.385. The lowest BCUT2D eigenvalue weighted by atomic mass is 10.1. The molecule has 0 spiro atoms. The van der Waals surface area contributed by atoms with Crippen LogP contribution >= 0.6 is 34.8 Å². The van der Waals surface area contributed by atoms with Gasteiger partial charge in [0.05, 0.1) is 22.6 Å². The Hall–Kier alpha value is -3.58. The monoisotopic (exact) mass is 712 g/mol. The number of anilines is 1. The number of carbonyl (C=O) groups excluding carboxylic acids is 2. The number of ether oxygens (including phenoxy) is 1. The lowest BCUT2D eigenvalue weighted by Crippen LogP contribution is -2.52. The number of methoxy groups -OCH3 is 1. The summed E-state index contributed by atoms with van der Waals surface area (Å²) in [5, 5.41) is 15.2. The number of hydrogen-bond acceptors (Lipinski definition) is 7. The van der Waals surface area contributed by atoms with Crippen molar-refractivity contribution in [2.24, 2.45) is 0 Å². The highest BCUT2D eigenvalue weighted by atomic mass is 35.5. The number of nitro groups is 1. The normalized spacial score (nSPS) is 11.9. The van der Waals surface area contributed by atoms with Crippen LogP contribution < -0.4 is 14.4 Å². The van der Waals surface area contributed by atoms with E-state index in [4.69, 9.17) is 39.5 Å². The van der Waals surface area contributed by atoms with Crippen molar-refractivity contribution < 1.29 is 27.7 Å². The van der Waals surface area contributed by atoms with E-state index in [9.17, 15) is 28.1 Å². The first-order valence-corrected chi connectivity index (χ1v) is 17.0. The van der Waals surface area contributed by atoms with Gasteiger partial charge in [-0.05, 0) is 56.2 Å². The van der Waals surface area contributed by atoms with Gasteiger partial charge in [0, 0.05) is 45.4 Å². The van der Waals surface area contributed by atoms with Gasteiger partial charge in [0.15, 0.2) is 0 Å². The fourth-order valence-electron chi connectivity index (χ4n) is 4.72. The summed E-state index contributed by atoms with van der Waals surface area (Å²) < 4.78 is 34.8. The van der Waals surface area contributed by atoms with Crippen LogP contribution in [0.2, 0.25) is 15.1 Å². The molecule has 0 aliphatic heterocycles. The first-order valence-electron chi connectivity index (χ1n) is 14.4. The van der Waals surface area contributed by atoms with Crippen LogP contribution in [0, 0.1) is 17.0 Å². The van der Waals surface area contributed by atoms with Crippen LogP contribution in [-0.2, 0) is 26.2 Å². The maximum atomic E-state index is 14.4. The zero-order valence-electron chi connectivity index (χ0n) is 25.8. The molecule has 0 fully saturated rings. The molecule has 0 radical (unpaired) electrons. The smallest absolute Gasteiger partial charge is 0.273 e. The van der Waals surface area contributed by atoms with Crippen LogP contribution in [0.4, 0.5) is 11.4 Å². The second-order valence-corrected chi connectivity index (χ2v) is 13.4. The number of nitro benzene ring substituents is 1. The van der Waals surface area contributed by atoms with Crippen LogP contribution in [-0.4, -0.2) is 56.3 Å². The van der Waals surface area contributed by atoms with E-state index in [0.717, 1.165) is 23.2 Å². The van der Waals surface area contributed by atoms with E-state index in [0.29, 0.717) is 12.1 Å². The number of nitrogens with one attached hydrogen (secondary N) is 1. The fourth-order valence-corrected chi connectivity index (χ4v) is 6.84. The fraction of sp³-hybridized carbons (Fsp3) is 0.355. The lowest BCUT2D eigenvalue weighted by Gasteiger charge is -2.34. The molecule has 0 saturated heterocycles. The van der Waals surface area contributed by atoms with Crippen molar-refractivity contribution in [2.45, 2.75) is 57.5 Å². The number of aryl methyl sites for hydroxylation is 1. The number of amides is 2. The minimum absolute atomic E-state index is 0.0624. The van der Waals surface area contributed by atoms with Gasteiger partial charge in [-0.3, -0.25) is 24.0 Å². The third kappa shape index (κ3) is 8.61. The topological polar surface area (TPSA) is 139 Å². The van der Waals surface area contributed by atoms with Crippen LogP contribution in [0.1, 0.15) is 44.2 Å². The summed E-state index contributed by atoms with van der Waals surface area (Å²) in [4.78, 5) is 39.5. The molecular weight excluding hydrogens is 679 g/mol. The molecule has 0 saturated carbocycles. The Morgan fingerprint density at radius 3 is 2.30 bits per heavy atom. The van der Waals surface area contributed by atoms with Crippen molar-refractivity contribution in [3.05, 3.63) is 90.9 Å². The van der Waals surface area contributed by atoms with Crippen molar-refractivity contribution >= 4 is 68.0 Å². The third-order valence-electron chi connectivity index (χ3n) is 7.26. The number of benzene rings is 3. The number of rotatable bonds is 15. The maximum Gasteiger partial charge on any atom is 0.273 e. The standard InChI is InChI=1S/C31H35Cl3N4O7S/c1-5-7-15-35-31(40)26(6-2)36(18-23-24(33)9-8-10-25(23)34)30(39)19-37(28-16-21(32)12-14-29(28)45-4)46(43,44)22-13-11-20(3)27(17-22)38(41)42/h8-14,16-17,26H,5-7,15,18-19H2,1-4H3,(H,35,40)/t26-/m1/s1. The van der Waals surface area contributed by atoms with Crippen LogP contribution in [0.5, 0.6) is 5.75 Å². The molecule has 0 aromatic heterocycles. The molecule has 46 heavy (non-hydrogen) atoms. The van der Waals surface area contributed by atoms with Crippen molar-refractivity contribution in [3.63, 3.8) is 0 Å². The first-order chi connectivity index (χ1) is 21.8. The second-order valence-electron chi connectivity index (χ2n) is 10.3. The van der Waals surface area contributed by atoms with Crippen LogP contribution in [0.15, 0.2) is 59.5 Å². The molecule has 0 unspecified atom stereocenters. The number of halogens is 3. The summed E-state index contributed by atoms with van der Waals surface area (Å²) in [6.07, 6.45) is 1.74. The molecule has 11 nitrogen and oxygen atoms in total. The molecule has 0 aliphatic carbocycles. The van der Waals surface area contributed by atoms with Crippen LogP contribution in [0.3, 0.4) is 0 Å². The van der Waals surface area contributed by atoms with E-state index in [1.807, 2.05) is 6.92 Å². The van der Waals surface area contributed by atoms with E-state index in [1.54, 1.807) is 25.1 Å². The number of unbranched alkanes of at least 4 members (excludes halogenated alkanes) is 1. The predicted molar refractivity (Wildman–Crippen MR) is 179 cm³/mol. The van der Waals surface area contributed by atoms with Gasteiger partial charge in [-0.25, -0.2) is 8.42 Å². The highest BCUT2D eigenvalue weighted by Gasteiger charge is 2.36. The van der Waals surface area contributed by atoms with E-state index >= 15 is 0 Å². The first kappa shape index (κ1) is 36.9. The van der Waals surface area contributed by atoms with Crippen molar-refractivity contribution in [2.75, 3.05) is 24.5 Å². The predicted octanol–water partition coefficient (Wildman–Crippen LogP) is 6.79. The molecule has 15 heteroatoms. The molecular formula is C31H35Cl3N4O7S. The largest absolute Gasteiger partial charge is 0.495 e. The molecule has 0 aliphatic rings. The molecule has 3 rings (SSSR count). The van der Waals surface area contributed by atoms with Crippen molar-refractivity contribution in [1.29, 1.82) is 0 Å². The summed E-state index contributed by atoms with van der Waals surface area (Å²) in [5.41, 5.74) is 0.0930. The average Bonchev–Trinajstić information content (AvgIpc) is 3.01. The van der Waals surface area contributed by atoms with Crippen molar-refractivity contribution in [3.8, 4) is 5.75 Å². The molecule has 3 aromatic carbocycles. The Labute approximate surface area is 283 Å². The summed E-state index contributed by atoms with van der Waals surface area (Å²) in [6, 6.07) is 11.4.